The van der Waals surface area contributed by atoms with E-state index in [1.807, 2.05) is 38.1 Å². The predicted octanol–water partition coefficient (Wildman–Crippen LogP) is 1.27. The number of rotatable bonds is 4. The Labute approximate surface area is 138 Å². The third kappa shape index (κ3) is 2.73. The molecule has 0 bridgehead atoms. The van der Waals surface area contributed by atoms with Crippen molar-refractivity contribution in [2.45, 2.75) is 26.5 Å². The molecule has 3 aromatic rings. The fourth-order valence-electron chi connectivity index (χ4n) is 2.70. The van der Waals surface area contributed by atoms with Crippen LogP contribution in [-0.4, -0.2) is 24.8 Å². The standard InChI is InChI=1S/C17H20N4O3/c1-11(2)24-13-7-5-6-12(8-13)9-21-10-18-15-14(21)16(22)20(4)17(23)19(15)3/h5-8,10-11H,9H2,1-4H3. The van der Waals surface area contributed by atoms with E-state index >= 15 is 0 Å². The van der Waals surface area contributed by atoms with Crippen LogP contribution in [0.3, 0.4) is 0 Å². The molecular weight excluding hydrogens is 308 g/mol. The Morgan fingerprint density at radius 1 is 1.17 bits per heavy atom. The normalized spacial score (nSPS) is 11.4. The topological polar surface area (TPSA) is 71.1 Å². The molecule has 0 saturated carbocycles. The smallest absolute Gasteiger partial charge is 0.332 e. The Kier molecular flexibility index (Phi) is 4.01. The van der Waals surface area contributed by atoms with Crippen molar-refractivity contribution in [1.82, 2.24) is 18.7 Å². The summed E-state index contributed by atoms with van der Waals surface area (Å²) in [5, 5.41) is 0. The van der Waals surface area contributed by atoms with E-state index in [1.54, 1.807) is 17.9 Å². The van der Waals surface area contributed by atoms with Crippen LogP contribution in [0.5, 0.6) is 5.75 Å². The molecule has 0 spiro atoms. The van der Waals surface area contributed by atoms with Crippen molar-refractivity contribution in [3.63, 3.8) is 0 Å². The van der Waals surface area contributed by atoms with E-state index in [9.17, 15) is 9.59 Å². The van der Waals surface area contributed by atoms with Crippen molar-refractivity contribution in [1.29, 1.82) is 0 Å². The molecule has 2 heterocycles. The highest BCUT2D eigenvalue weighted by molar-refractivity contribution is 5.70. The van der Waals surface area contributed by atoms with Crippen molar-refractivity contribution in [3.8, 4) is 5.75 Å². The Balaban J connectivity index is 2.06. The van der Waals surface area contributed by atoms with Gasteiger partial charge in [-0.05, 0) is 31.5 Å². The number of hydrogen-bond acceptors (Lipinski definition) is 4. The van der Waals surface area contributed by atoms with Crippen LogP contribution < -0.4 is 16.0 Å². The lowest BCUT2D eigenvalue weighted by Gasteiger charge is -2.11. The molecule has 0 N–H and O–H groups in total. The van der Waals surface area contributed by atoms with E-state index in [0.717, 1.165) is 15.9 Å². The first-order valence-corrected chi connectivity index (χ1v) is 7.75. The summed E-state index contributed by atoms with van der Waals surface area (Å²) in [5.41, 5.74) is 1.06. The molecule has 0 aliphatic carbocycles. The third-order valence-electron chi connectivity index (χ3n) is 3.84. The monoisotopic (exact) mass is 328 g/mol. The molecule has 7 nitrogen and oxygen atoms in total. The minimum Gasteiger partial charge on any atom is -0.491 e. The molecule has 0 amide bonds. The van der Waals surface area contributed by atoms with Gasteiger partial charge in [0.2, 0.25) is 0 Å². The fourth-order valence-corrected chi connectivity index (χ4v) is 2.70. The van der Waals surface area contributed by atoms with E-state index in [4.69, 9.17) is 4.74 Å². The SMILES string of the molecule is CC(C)Oc1cccc(Cn2cnc3c2c(=O)n(C)c(=O)n3C)c1. The molecule has 0 atom stereocenters. The number of nitrogens with zero attached hydrogens (tertiary/aromatic N) is 4. The maximum absolute atomic E-state index is 12.4. The predicted molar refractivity (Wildman–Crippen MR) is 91.5 cm³/mol. The van der Waals surface area contributed by atoms with Gasteiger partial charge in [0.15, 0.2) is 11.2 Å². The number of hydrogen-bond donors (Lipinski definition) is 0. The number of aromatic nitrogens is 4. The van der Waals surface area contributed by atoms with E-state index in [2.05, 4.69) is 4.98 Å². The summed E-state index contributed by atoms with van der Waals surface area (Å²) in [6.07, 6.45) is 1.68. The number of aryl methyl sites for hydroxylation is 1. The third-order valence-corrected chi connectivity index (χ3v) is 3.84. The molecule has 0 fully saturated rings. The van der Waals surface area contributed by atoms with Crippen LogP contribution >= 0.6 is 0 Å². The van der Waals surface area contributed by atoms with E-state index < -0.39 is 0 Å². The van der Waals surface area contributed by atoms with Gasteiger partial charge in [0, 0.05) is 20.6 Å². The summed E-state index contributed by atoms with van der Waals surface area (Å²) in [6, 6.07) is 7.72. The van der Waals surface area contributed by atoms with Gasteiger partial charge >= 0.3 is 5.69 Å². The molecule has 0 aliphatic heterocycles. The second kappa shape index (κ2) is 5.99. The highest BCUT2D eigenvalue weighted by Gasteiger charge is 2.14. The molecule has 1 aromatic carbocycles. The van der Waals surface area contributed by atoms with E-state index in [1.165, 1.54) is 11.6 Å². The van der Waals surface area contributed by atoms with E-state index in [-0.39, 0.29) is 17.4 Å². The van der Waals surface area contributed by atoms with Crippen LogP contribution in [0.25, 0.3) is 11.2 Å². The molecule has 24 heavy (non-hydrogen) atoms. The lowest BCUT2D eigenvalue weighted by atomic mass is 10.2. The van der Waals surface area contributed by atoms with Gasteiger partial charge in [-0.1, -0.05) is 12.1 Å². The Morgan fingerprint density at radius 2 is 1.92 bits per heavy atom. The van der Waals surface area contributed by atoms with Crippen molar-refractivity contribution >= 4 is 11.2 Å². The molecule has 3 rings (SSSR count). The van der Waals surface area contributed by atoms with Gasteiger partial charge in [0.1, 0.15) is 5.75 Å². The number of ether oxygens (including phenoxy) is 1. The number of benzene rings is 1. The summed E-state index contributed by atoms with van der Waals surface area (Å²) in [4.78, 5) is 28.7. The van der Waals surface area contributed by atoms with Gasteiger partial charge in [-0.3, -0.25) is 13.9 Å². The maximum Gasteiger partial charge on any atom is 0.332 e. The Bertz CT molecular complexity index is 1010. The lowest BCUT2D eigenvalue weighted by molar-refractivity contribution is 0.242. The van der Waals surface area contributed by atoms with Crippen molar-refractivity contribution < 1.29 is 4.74 Å². The van der Waals surface area contributed by atoms with Crippen molar-refractivity contribution in [2.24, 2.45) is 14.1 Å². The largest absolute Gasteiger partial charge is 0.491 e. The molecular formula is C17H20N4O3. The maximum atomic E-state index is 12.4. The lowest BCUT2D eigenvalue weighted by Crippen LogP contribution is -2.37. The minimum absolute atomic E-state index is 0.0937. The van der Waals surface area contributed by atoms with E-state index in [0.29, 0.717) is 17.7 Å². The van der Waals surface area contributed by atoms with Crippen LogP contribution in [-0.2, 0) is 20.6 Å². The quantitative estimate of drug-likeness (QED) is 0.723. The van der Waals surface area contributed by atoms with Crippen LogP contribution in [0.1, 0.15) is 19.4 Å². The molecule has 0 unspecified atom stereocenters. The highest BCUT2D eigenvalue weighted by Crippen LogP contribution is 2.17. The fraction of sp³-hybridized carbons (Fsp3) is 0.353. The van der Waals surface area contributed by atoms with Crippen LogP contribution in [0.2, 0.25) is 0 Å². The molecule has 2 aromatic heterocycles. The second-order valence-corrected chi connectivity index (χ2v) is 6.06. The number of fused-ring (bicyclic) bond motifs is 1. The Morgan fingerprint density at radius 3 is 2.62 bits per heavy atom. The van der Waals surface area contributed by atoms with Gasteiger partial charge in [0.05, 0.1) is 12.4 Å². The van der Waals surface area contributed by atoms with Crippen molar-refractivity contribution in [3.05, 3.63) is 57.0 Å². The molecule has 0 aliphatic rings. The minimum atomic E-state index is -0.384. The second-order valence-electron chi connectivity index (χ2n) is 6.06. The van der Waals surface area contributed by atoms with Gasteiger partial charge in [0.25, 0.3) is 5.56 Å². The molecule has 0 saturated heterocycles. The highest BCUT2D eigenvalue weighted by atomic mass is 16.5. The zero-order chi connectivity index (χ0) is 17.4. The first-order chi connectivity index (χ1) is 11.4. The summed E-state index contributed by atoms with van der Waals surface area (Å²) in [6.45, 7) is 4.42. The van der Waals surface area contributed by atoms with Gasteiger partial charge in [-0.15, -0.1) is 0 Å². The summed E-state index contributed by atoms with van der Waals surface area (Å²) < 4.78 is 9.94. The molecule has 7 heteroatoms. The van der Waals surface area contributed by atoms with Crippen LogP contribution in [0, 0.1) is 0 Å². The first kappa shape index (κ1) is 16.0. The summed E-state index contributed by atoms with van der Waals surface area (Å²) in [5.74, 6) is 0.784. The van der Waals surface area contributed by atoms with Gasteiger partial charge < -0.3 is 9.30 Å². The molecule has 126 valence electrons. The van der Waals surface area contributed by atoms with Crippen LogP contribution in [0.15, 0.2) is 40.2 Å². The molecule has 0 radical (unpaired) electrons. The zero-order valence-corrected chi connectivity index (χ0v) is 14.2. The summed E-state index contributed by atoms with van der Waals surface area (Å²) >= 11 is 0. The first-order valence-electron chi connectivity index (χ1n) is 7.75. The zero-order valence-electron chi connectivity index (χ0n) is 14.2. The Hall–Kier alpha value is -2.83. The van der Waals surface area contributed by atoms with Crippen molar-refractivity contribution in [2.75, 3.05) is 0 Å². The van der Waals surface area contributed by atoms with Gasteiger partial charge in [-0.2, -0.15) is 0 Å². The average molecular weight is 328 g/mol. The average Bonchev–Trinajstić information content (AvgIpc) is 2.94. The van der Waals surface area contributed by atoms with Gasteiger partial charge in [-0.25, -0.2) is 9.78 Å². The number of imidazole rings is 1. The van der Waals surface area contributed by atoms with Crippen LogP contribution in [0.4, 0.5) is 0 Å². The summed E-state index contributed by atoms with van der Waals surface area (Å²) in [7, 11) is 3.08.